The Balaban J connectivity index is 1.89. The van der Waals surface area contributed by atoms with Gasteiger partial charge in [-0.2, -0.15) is 5.10 Å². The van der Waals surface area contributed by atoms with Gasteiger partial charge in [-0.05, 0) is 20.8 Å². The smallest absolute Gasteiger partial charge is 0.149 e. The quantitative estimate of drug-likeness (QED) is 0.532. The summed E-state index contributed by atoms with van der Waals surface area (Å²) in [6.45, 7) is 7.01. The van der Waals surface area contributed by atoms with Gasteiger partial charge in [0.05, 0.1) is 33.6 Å². The summed E-state index contributed by atoms with van der Waals surface area (Å²) in [6, 6.07) is 10.3. The van der Waals surface area contributed by atoms with Gasteiger partial charge in [-0.3, -0.25) is 0 Å². The summed E-state index contributed by atoms with van der Waals surface area (Å²) in [5.41, 5.74) is 3.13. The van der Waals surface area contributed by atoms with E-state index in [0.717, 1.165) is 39.2 Å². The van der Waals surface area contributed by atoms with Crippen LogP contribution in [0.25, 0.3) is 21.8 Å². The number of rotatable bonds is 5. The van der Waals surface area contributed by atoms with Crippen LogP contribution in [0.4, 0.5) is 0 Å². The Bertz CT molecular complexity index is 1010. The Morgan fingerprint density at radius 3 is 2.62 bits per heavy atom. The van der Waals surface area contributed by atoms with Gasteiger partial charge in [0.25, 0.3) is 0 Å². The fraction of sp³-hybridized carbons (Fsp3) is 0.263. The van der Waals surface area contributed by atoms with Gasteiger partial charge in [0.1, 0.15) is 12.2 Å². The molecule has 0 aliphatic rings. The Kier molecular flexibility index (Phi) is 4.38. The lowest BCUT2D eigenvalue weighted by molar-refractivity contribution is 0.529. The molecule has 0 spiro atoms. The molecule has 4 aromatic rings. The molecule has 26 heavy (non-hydrogen) atoms. The molecule has 0 unspecified atom stereocenters. The fourth-order valence-corrected chi connectivity index (χ4v) is 3.97. The van der Waals surface area contributed by atoms with Gasteiger partial charge in [-0.1, -0.05) is 30.3 Å². The lowest BCUT2D eigenvalue weighted by Crippen LogP contribution is -2.14. The predicted octanol–water partition coefficient (Wildman–Crippen LogP) is 4.20. The molecule has 132 valence electrons. The maximum absolute atomic E-state index is 4.74. The zero-order valence-electron chi connectivity index (χ0n) is 15.0. The molecule has 4 rings (SSSR count). The van der Waals surface area contributed by atoms with Crippen molar-refractivity contribution in [3.05, 3.63) is 60.0 Å². The summed E-state index contributed by atoms with van der Waals surface area (Å²) < 4.78 is 4.10. The van der Waals surface area contributed by atoms with Crippen LogP contribution in [-0.2, 0) is 6.54 Å². The van der Waals surface area contributed by atoms with E-state index in [9.17, 15) is 0 Å². The monoisotopic (exact) mass is 364 g/mol. The third kappa shape index (κ3) is 2.84. The molecular formula is C19H20N6S. The minimum atomic E-state index is 0.0137. The molecule has 0 aliphatic heterocycles. The number of benzene rings is 1. The standard InChI is InChI=1S/C19H20N6S/c1-4-25-19(21-11-23-25)13(2)24-12-22-17(15-8-6-5-7-9-15)18(24)16-10-20-14(3)26-16/h5-13H,4H2,1-3H3/t13-/m0/s1. The molecule has 0 saturated heterocycles. The van der Waals surface area contributed by atoms with Crippen LogP contribution in [0.2, 0.25) is 0 Å². The van der Waals surface area contributed by atoms with E-state index in [2.05, 4.69) is 45.6 Å². The van der Waals surface area contributed by atoms with E-state index in [1.165, 1.54) is 0 Å². The molecule has 0 radical (unpaired) electrons. The summed E-state index contributed by atoms with van der Waals surface area (Å²) in [6.07, 6.45) is 5.43. The number of hydrogen-bond acceptors (Lipinski definition) is 5. The first kappa shape index (κ1) is 16.7. The minimum absolute atomic E-state index is 0.0137. The summed E-state index contributed by atoms with van der Waals surface area (Å²) in [5.74, 6) is 0.923. The fourth-order valence-electron chi connectivity index (χ4n) is 3.14. The number of aryl methyl sites for hydroxylation is 2. The highest BCUT2D eigenvalue weighted by molar-refractivity contribution is 7.15. The lowest BCUT2D eigenvalue weighted by atomic mass is 10.1. The molecule has 1 aromatic carbocycles. The van der Waals surface area contributed by atoms with Crippen LogP contribution in [-0.4, -0.2) is 29.3 Å². The lowest BCUT2D eigenvalue weighted by Gasteiger charge is -2.16. The average Bonchev–Trinajstić information content (AvgIpc) is 3.40. The van der Waals surface area contributed by atoms with Gasteiger partial charge in [-0.15, -0.1) is 11.3 Å². The Labute approximate surface area is 156 Å². The summed E-state index contributed by atoms with van der Waals surface area (Å²) in [5, 5.41) is 5.35. The van der Waals surface area contributed by atoms with E-state index in [0.29, 0.717) is 0 Å². The topological polar surface area (TPSA) is 61.4 Å². The predicted molar refractivity (Wildman–Crippen MR) is 103 cm³/mol. The van der Waals surface area contributed by atoms with Gasteiger partial charge in [0.15, 0.2) is 0 Å². The number of imidazole rings is 1. The second-order valence-electron chi connectivity index (χ2n) is 6.07. The molecule has 0 aliphatic carbocycles. The molecular weight excluding hydrogens is 344 g/mol. The van der Waals surface area contributed by atoms with Crippen molar-refractivity contribution < 1.29 is 0 Å². The molecule has 0 amide bonds. The second kappa shape index (κ2) is 6.84. The van der Waals surface area contributed by atoms with Gasteiger partial charge >= 0.3 is 0 Å². The largest absolute Gasteiger partial charge is 0.319 e. The summed E-state index contributed by atoms with van der Waals surface area (Å²) >= 11 is 1.68. The van der Waals surface area contributed by atoms with Crippen LogP contribution in [0.1, 0.15) is 30.7 Å². The summed E-state index contributed by atoms with van der Waals surface area (Å²) in [4.78, 5) is 14.8. The number of aromatic nitrogens is 6. The van der Waals surface area contributed by atoms with Crippen LogP contribution < -0.4 is 0 Å². The minimum Gasteiger partial charge on any atom is -0.319 e. The number of thiazole rings is 1. The van der Waals surface area contributed by atoms with Gasteiger partial charge in [-0.25, -0.2) is 19.6 Å². The van der Waals surface area contributed by atoms with Crippen molar-refractivity contribution in [3.8, 4) is 21.8 Å². The molecule has 7 heteroatoms. The van der Waals surface area contributed by atoms with Gasteiger partial charge in [0.2, 0.25) is 0 Å². The van der Waals surface area contributed by atoms with E-state index >= 15 is 0 Å². The van der Waals surface area contributed by atoms with E-state index in [-0.39, 0.29) is 6.04 Å². The molecule has 0 N–H and O–H groups in total. The Morgan fingerprint density at radius 2 is 1.92 bits per heavy atom. The van der Waals surface area contributed by atoms with Gasteiger partial charge in [0, 0.05) is 18.3 Å². The highest BCUT2D eigenvalue weighted by atomic mass is 32.1. The highest BCUT2D eigenvalue weighted by Crippen LogP contribution is 2.37. The zero-order chi connectivity index (χ0) is 18.1. The van der Waals surface area contributed by atoms with Crippen LogP contribution in [0.3, 0.4) is 0 Å². The summed E-state index contributed by atoms with van der Waals surface area (Å²) in [7, 11) is 0. The first-order valence-corrected chi connectivity index (χ1v) is 9.43. The average molecular weight is 364 g/mol. The van der Waals surface area contributed by atoms with E-state index < -0.39 is 0 Å². The molecule has 3 heterocycles. The first-order chi connectivity index (χ1) is 12.7. The van der Waals surface area contributed by atoms with Crippen molar-refractivity contribution in [2.24, 2.45) is 0 Å². The zero-order valence-corrected chi connectivity index (χ0v) is 15.8. The Hall–Kier alpha value is -2.80. The normalized spacial score (nSPS) is 12.4. The first-order valence-electron chi connectivity index (χ1n) is 8.61. The van der Waals surface area contributed by atoms with Crippen LogP contribution in [0, 0.1) is 6.92 Å². The molecule has 3 aromatic heterocycles. The van der Waals surface area contributed by atoms with Crippen LogP contribution in [0.15, 0.2) is 49.2 Å². The van der Waals surface area contributed by atoms with Crippen molar-refractivity contribution >= 4 is 11.3 Å². The van der Waals surface area contributed by atoms with E-state index in [1.807, 2.05) is 42.3 Å². The number of nitrogens with zero attached hydrogens (tertiary/aromatic N) is 6. The van der Waals surface area contributed by atoms with Crippen molar-refractivity contribution in [3.63, 3.8) is 0 Å². The maximum Gasteiger partial charge on any atom is 0.149 e. The van der Waals surface area contributed by atoms with Crippen molar-refractivity contribution in [2.45, 2.75) is 33.4 Å². The maximum atomic E-state index is 4.74. The van der Waals surface area contributed by atoms with Crippen molar-refractivity contribution in [2.75, 3.05) is 0 Å². The third-order valence-corrected chi connectivity index (χ3v) is 5.35. The third-order valence-electron chi connectivity index (χ3n) is 4.43. The van der Waals surface area contributed by atoms with Gasteiger partial charge < -0.3 is 4.57 Å². The van der Waals surface area contributed by atoms with E-state index in [4.69, 9.17) is 4.98 Å². The Morgan fingerprint density at radius 1 is 1.12 bits per heavy atom. The molecule has 0 bridgehead atoms. The van der Waals surface area contributed by atoms with Crippen molar-refractivity contribution in [1.82, 2.24) is 29.3 Å². The highest BCUT2D eigenvalue weighted by Gasteiger charge is 2.23. The SMILES string of the molecule is CCn1ncnc1[C@H](C)n1cnc(-c2ccccc2)c1-c1cnc(C)s1. The van der Waals surface area contributed by atoms with E-state index in [1.54, 1.807) is 17.7 Å². The number of hydrogen-bond donors (Lipinski definition) is 0. The van der Waals surface area contributed by atoms with Crippen LogP contribution >= 0.6 is 11.3 Å². The molecule has 0 fully saturated rings. The van der Waals surface area contributed by atoms with Crippen LogP contribution in [0.5, 0.6) is 0 Å². The molecule has 1 atom stereocenters. The van der Waals surface area contributed by atoms with Crippen molar-refractivity contribution in [1.29, 1.82) is 0 Å². The molecule has 6 nitrogen and oxygen atoms in total. The second-order valence-corrected chi connectivity index (χ2v) is 7.30. The molecule has 0 saturated carbocycles.